The van der Waals surface area contributed by atoms with E-state index < -0.39 is 0 Å². The van der Waals surface area contributed by atoms with E-state index in [0.29, 0.717) is 0 Å². The van der Waals surface area contributed by atoms with E-state index in [9.17, 15) is 4.79 Å². The van der Waals surface area contributed by atoms with Gasteiger partial charge in [-0.2, -0.15) is 0 Å². The van der Waals surface area contributed by atoms with Gasteiger partial charge in [-0.05, 0) is 35.4 Å². The van der Waals surface area contributed by atoms with E-state index >= 15 is 0 Å². The minimum atomic E-state index is 0.0161. The zero-order valence-electron chi connectivity index (χ0n) is 10.7. The maximum Gasteiger partial charge on any atom is 0.255 e. The molecule has 0 saturated heterocycles. The number of hydrogen-bond acceptors (Lipinski definition) is 2. The molecule has 0 aromatic heterocycles. The Morgan fingerprint density at radius 2 is 2.00 bits per heavy atom. The molecular weight excluding hydrogens is 290 g/mol. The molecule has 4 rings (SSSR count). The Hall–Kier alpha value is -1.45. The zero-order valence-corrected chi connectivity index (χ0v) is 12.2. The number of fused-ring (bicyclic) bond motifs is 5. The molecule has 1 amide bonds. The molecule has 0 fully saturated rings. The highest BCUT2D eigenvalue weighted by Crippen LogP contribution is 2.44. The van der Waals surface area contributed by atoms with Crippen LogP contribution >= 0.6 is 23.4 Å². The van der Waals surface area contributed by atoms with Gasteiger partial charge in [-0.1, -0.05) is 29.8 Å². The Bertz CT molecular complexity index is 715. The highest BCUT2D eigenvalue weighted by molar-refractivity contribution is 7.99. The summed E-state index contributed by atoms with van der Waals surface area (Å²) in [6.07, 6.45) is 0. The van der Waals surface area contributed by atoms with Gasteiger partial charge in [-0.3, -0.25) is 4.79 Å². The van der Waals surface area contributed by atoms with Crippen molar-refractivity contribution in [3.63, 3.8) is 0 Å². The first-order valence-electron chi connectivity index (χ1n) is 6.58. The van der Waals surface area contributed by atoms with E-state index in [2.05, 4.69) is 12.1 Å². The van der Waals surface area contributed by atoms with Crippen LogP contribution in [-0.2, 0) is 0 Å². The van der Waals surface area contributed by atoms with Crippen molar-refractivity contribution in [2.45, 2.75) is 10.9 Å². The molecule has 0 N–H and O–H groups in total. The van der Waals surface area contributed by atoms with Gasteiger partial charge in [0.15, 0.2) is 0 Å². The Balaban J connectivity index is 1.97. The number of benzene rings is 2. The normalized spacial score (nSPS) is 20.1. The van der Waals surface area contributed by atoms with Crippen LogP contribution < -0.4 is 0 Å². The van der Waals surface area contributed by atoms with Crippen LogP contribution in [0.4, 0.5) is 0 Å². The van der Waals surface area contributed by atoms with Gasteiger partial charge in [0.25, 0.3) is 5.91 Å². The second kappa shape index (κ2) is 4.54. The number of rotatable bonds is 0. The molecule has 100 valence electrons. The molecule has 20 heavy (non-hydrogen) atoms. The number of nitrogens with zero attached hydrogens (tertiary/aromatic N) is 1. The molecule has 2 heterocycles. The van der Waals surface area contributed by atoms with Crippen LogP contribution in [-0.4, -0.2) is 23.1 Å². The first-order valence-corrected chi connectivity index (χ1v) is 7.94. The lowest BCUT2D eigenvalue weighted by atomic mass is 9.98. The fourth-order valence-electron chi connectivity index (χ4n) is 3.05. The lowest BCUT2D eigenvalue weighted by Gasteiger charge is -2.23. The van der Waals surface area contributed by atoms with Crippen LogP contribution in [0.15, 0.2) is 47.4 Å². The van der Waals surface area contributed by atoms with E-state index in [4.69, 9.17) is 11.6 Å². The van der Waals surface area contributed by atoms with Crippen molar-refractivity contribution in [3.05, 3.63) is 64.2 Å². The monoisotopic (exact) mass is 301 g/mol. The lowest BCUT2D eigenvalue weighted by Crippen LogP contribution is -2.29. The van der Waals surface area contributed by atoms with Crippen LogP contribution in [0.2, 0.25) is 5.02 Å². The van der Waals surface area contributed by atoms with E-state index in [1.165, 1.54) is 4.90 Å². The SMILES string of the molecule is O=C1c2ccccc2C2c3cc(Cl)ccc3SCCN12. The molecule has 0 bridgehead atoms. The van der Waals surface area contributed by atoms with Gasteiger partial charge in [0.2, 0.25) is 0 Å². The minimum absolute atomic E-state index is 0.0161. The average Bonchev–Trinajstić information content (AvgIpc) is 2.63. The van der Waals surface area contributed by atoms with Crippen molar-refractivity contribution < 1.29 is 4.79 Å². The quantitative estimate of drug-likeness (QED) is 0.733. The molecule has 2 aliphatic heterocycles. The van der Waals surface area contributed by atoms with E-state index in [1.54, 1.807) is 11.8 Å². The summed E-state index contributed by atoms with van der Waals surface area (Å²) in [5.74, 6) is 1.06. The van der Waals surface area contributed by atoms with Gasteiger partial charge in [0, 0.05) is 27.8 Å². The second-order valence-electron chi connectivity index (χ2n) is 5.02. The smallest absolute Gasteiger partial charge is 0.255 e. The third-order valence-electron chi connectivity index (χ3n) is 3.91. The Labute approximate surface area is 126 Å². The second-order valence-corrected chi connectivity index (χ2v) is 6.59. The first-order chi connectivity index (χ1) is 9.75. The maximum absolute atomic E-state index is 12.6. The summed E-state index contributed by atoms with van der Waals surface area (Å²) in [4.78, 5) is 15.8. The molecule has 1 unspecified atom stereocenters. The fourth-order valence-corrected chi connectivity index (χ4v) is 4.24. The van der Waals surface area contributed by atoms with Crippen molar-refractivity contribution in [1.29, 1.82) is 0 Å². The molecule has 1 atom stereocenters. The molecule has 2 aromatic rings. The van der Waals surface area contributed by atoms with Gasteiger partial charge >= 0.3 is 0 Å². The Morgan fingerprint density at radius 1 is 1.15 bits per heavy atom. The predicted molar refractivity (Wildman–Crippen MR) is 81.5 cm³/mol. The average molecular weight is 302 g/mol. The molecule has 0 saturated carbocycles. The first kappa shape index (κ1) is 12.3. The van der Waals surface area contributed by atoms with Gasteiger partial charge < -0.3 is 4.90 Å². The summed E-state index contributed by atoms with van der Waals surface area (Å²) in [6, 6.07) is 13.9. The third kappa shape index (κ3) is 1.70. The van der Waals surface area contributed by atoms with E-state index in [-0.39, 0.29) is 11.9 Å². The molecule has 2 nitrogen and oxygen atoms in total. The Morgan fingerprint density at radius 3 is 2.90 bits per heavy atom. The van der Waals surface area contributed by atoms with Gasteiger partial charge in [0.1, 0.15) is 0 Å². The van der Waals surface area contributed by atoms with Crippen LogP contribution in [0.5, 0.6) is 0 Å². The molecule has 4 heteroatoms. The lowest BCUT2D eigenvalue weighted by molar-refractivity contribution is 0.0761. The molecule has 0 radical (unpaired) electrons. The van der Waals surface area contributed by atoms with Crippen molar-refractivity contribution in [1.82, 2.24) is 4.90 Å². The van der Waals surface area contributed by atoms with Crippen molar-refractivity contribution in [2.75, 3.05) is 12.3 Å². The largest absolute Gasteiger partial charge is 0.327 e. The summed E-state index contributed by atoms with van der Waals surface area (Å²) >= 11 is 7.97. The number of carbonyl (C=O) groups excluding carboxylic acids is 1. The summed E-state index contributed by atoms with van der Waals surface area (Å²) < 4.78 is 0. The number of hydrogen-bond donors (Lipinski definition) is 0. The van der Waals surface area contributed by atoms with Crippen LogP contribution in [0.25, 0.3) is 0 Å². The topological polar surface area (TPSA) is 20.3 Å². The van der Waals surface area contributed by atoms with Crippen LogP contribution in [0, 0.1) is 0 Å². The van der Waals surface area contributed by atoms with Crippen molar-refractivity contribution in [3.8, 4) is 0 Å². The van der Waals surface area contributed by atoms with E-state index in [0.717, 1.165) is 34.0 Å². The van der Waals surface area contributed by atoms with Crippen LogP contribution in [0.3, 0.4) is 0 Å². The highest BCUT2D eigenvalue weighted by Gasteiger charge is 2.39. The van der Waals surface area contributed by atoms with Gasteiger partial charge in [0.05, 0.1) is 6.04 Å². The molecule has 2 aliphatic rings. The third-order valence-corrected chi connectivity index (χ3v) is 5.22. The number of carbonyl (C=O) groups is 1. The number of amides is 1. The molecular formula is C16H12ClNOS. The minimum Gasteiger partial charge on any atom is -0.327 e. The highest BCUT2D eigenvalue weighted by atomic mass is 35.5. The zero-order chi connectivity index (χ0) is 13.7. The maximum atomic E-state index is 12.6. The molecule has 2 aromatic carbocycles. The fraction of sp³-hybridized carbons (Fsp3) is 0.188. The van der Waals surface area contributed by atoms with Gasteiger partial charge in [-0.15, -0.1) is 11.8 Å². The standard InChI is InChI=1S/C16H12ClNOS/c17-10-5-6-14-13(9-10)15-11-3-1-2-4-12(11)16(19)18(15)7-8-20-14/h1-6,9,15H,7-8H2. The summed E-state index contributed by atoms with van der Waals surface area (Å²) in [5, 5.41) is 0.725. The summed E-state index contributed by atoms with van der Waals surface area (Å²) in [6.45, 7) is 0.773. The van der Waals surface area contributed by atoms with Crippen LogP contribution in [0.1, 0.15) is 27.5 Å². The summed E-state index contributed by atoms with van der Waals surface area (Å²) in [7, 11) is 0. The van der Waals surface area contributed by atoms with E-state index in [1.807, 2.05) is 35.2 Å². The molecule has 0 spiro atoms. The molecule has 0 aliphatic carbocycles. The van der Waals surface area contributed by atoms with Crippen molar-refractivity contribution >= 4 is 29.3 Å². The van der Waals surface area contributed by atoms with Crippen molar-refractivity contribution in [2.24, 2.45) is 0 Å². The number of thioether (sulfide) groups is 1. The number of halogens is 1. The van der Waals surface area contributed by atoms with Gasteiger partial charge in [-0.25, -0.2) is 0 Å². The Kier molecular flexibility index (Phi) is 2.79. The summed E-state index contributed by atoms with van der Waals surface area (Å²) in [5.41, 5.74) is 3.08. The predicted octanol–water partition coefficient (Wildman–Crippen LogP) is 3.99.